The van der Waals surface area contributed by atoms with Crippen molar-refractivity contribution < 1.29 is 9.59 Å². The van der Waals surface area contributed by atoms with E-state index in [0.29, 0.717) is 11.4 Å². The minimum absolute atomic E-state index is 0.314. The van der Waals surface area contributed by atoms with Gasteiger partial charge in [0.2, 0.25) is 0 Å². The molecule has 106 valence electrons. The van der Waals surface area contributed by atoms with Crippen molar-refractivity contribution in [1.29, 1.82) is 0 Å². The molecule has 0 unspecified atom stereocenters. The van der Waals surface area contributed by atoms with E-state index in [1.165, 1.54) is 5.57 Å². The highest BCUT2D eigenvalue weighted by Gasteiger charge is 2.11. The maximum absolute atomic E-state index is 10.1. The minimum atomic E-state index is 0.314. The number of phenolic OH excluding ortho intramolecular Hbond substituents is 1. The molecule has 0 spiro atoms. The molecule has 0 fully saturated rings. The van der Waals surface area contributed by atoms with E-state index in [1.54, 1.807) is 6.07 Å². The molecule has 1 aromatic rings. The van der Waals surface area contributed by atoms with Gasteiger partial charge in [-0.1, -0.05) is 11.6 Å². The molecular weight excluding hydrogens is 236 g/mol. The Labute approximate surface area is 116 Å². The fourth-order valence-electron chi connectivity index (χ4n) is 2.12. The standard InChI is InChI=1S/C16H26N2O/c1-12(2)9-13-10-15(17)14(16(19)11-13)7-6-8-18(3,4)5/h9-11H,6-8,17H2,1-5H3/p+1. The highest BCUT2D eigenvalue weighted by Crippen LogP contribution is 2.28. The van der Waals surface area contributed by atoms with Crippen molar-refractivity contribution in [3.63, 3.8) is 0 Å². The molecule has 0 radical (unpaired) electrons. The van der Waals surface area contributed by atoms with E-state index in [2.05, 4.69) is 21.1 Å². The number of anilines is 1. The number of allylic oxidation sites excluding steroid dienone is 1. The molecule has 3 heteroatoms. The molecule has 0 aliphatic rings. The van der Waals surface area contributed by atoms with Crippen LogP contribution in [0.3, 0.4) is 0 Å². The molecule has 1 rings (SSSR count). The summed E-state index contributed by atoms with van der Waals surface area (Å²) in [5.41, 5.74) is 9.77. The second kappa shape index (κ2) is 6.11. The summed E-state index contributed by atoms with van der Waals surface area (Å²) in [4.78, 5) is 0. The predicted octanol–water partition coefficient (Wildman–Crippen LogP) is 3.04. The zero-order valence-electron chi connectivity index (χ0n) is 12.8. The van der Waals surface area contributed by atoms with Gasteiger partial charge in [0.1, 0.15) is 5.75 Å². The van der Waals surface area contributed by atoms with Crippen LogP contribution in [0, 0.1) is 0 Å². The topological polar surface area (TPSA) is 46.2 Å². The Balaban J connectivity index is 2.83. The number of phenols is 1. The number of nitrogens with zero attached hydrogens (tertiary/aromatic N) is 1. The van der Waals surface area contributed by atoms with Crippen LogP contribution >= 0.6 is 0 Å². The van der Waals surface area contributed by atoms with Crippen molar-refractivity contribution >= 4 is 11.8 Å². The smallest absolute Gasteiger partial charge is 0.121 e. The monoisotopic (exact) mass is 263 g/mol. The van der Waals surface area contributed by atoms with Crippen molar-refractivity contribution in [2.75, 3.05) is 33.4 Å². The molecule has 0 saturated carbocycles. The Bertz CT molecular complexity index is 443. The fourth-order valence-corrected chi connectivity index (χ4v) is 2.12. The van der Waals surface area contributed by atoms with Crippen molar-refractivity contribution in [3.8, 4) is 5.75 Å². The third kappa shape index (κ3) is 5.35. The van der Waals surface area contributed by atoms with Crippen LogP contribution < -0.4 is 5.73 Å². The van der Waals surface area contributed by atoms with Crippen LogP contribution in [-0.4, -0.2) is 37.3 Å². The van der Waals surface area contributed by atoms with Crippen LogP contribution in [0.15, 0.2) is 17.7 Å². The Kier molecular flexibility index (Phi) is 5.01. The first kappa shape index (κ1) is 15.6. The molecule has 0 aliphatic carbocycles. The van der Waals surface area contributed by atoms with Gasteiger partial charge in [0, 0.05) is 17.7 Å². The van der Waals surface area contributed by atoms with Crippen LogP contribution in [0.25, 0.3) is 6.08 Å². The second-order valence-electron chi connectivity index (χ2n) is 6.45. The van der Waals surface area contributed by atoms with E-state index in [1.807, 2.05) is 26.0 Å². The number of benzene rings is 1. The lowest BCUT2D eigenvalue weighted by molar-refractivity contribution is -0.870. The molecule has 0 amide bonds. The molecule has 0 heterocycles. The molecule has 0 bridgehead atoms. The average molecular weight is 263 g/mol. The summed E-state index contributed by atoms with van der Waals surface area (Å²) in [6.45, 7) is 5.12. The van der Waals surface area contributed by atoms with Gasteiger partial charge in [0.05, 0.1) is 27.7 Å². The molecule has 0 atom stereocenters. The first-order valence-electron chi connectivity index (χ1n) is 6.76. The molecule has 19 heavy (non-hydrogen) atoms. The van der Waals surface area contributed by atoms with E-state index < -0.39 is 0 Å². The Hall–Kier alpha value is -1.48. The van der Waals surface area contributed by atoms with Crippen LogP contribution in [0.2, 0.25) is 0 Å². The third-order valence-corrected chi connectivity index (χ3v) is 2.99. The van der Waals surface area contributed by atoms with Crippen molar-refractivity contribution in [2.24, 2.45) is 0 Å². The number of rotatable bonds is 5. The summed E-state index contributed by atoms with van der Waals surface area (Å²) in [5, 5.41) is 10.1. The van der Waals surface area contributed by atoms with Crippen molar-refractivity contribution in [2.45, 2.75) is 26.7 Å². The van der Waals surface area contributed by atoms with Gasteiger partial charge in [-0.05, 0) is 38.0 Å². The molecule has 3 nitrogen and oxygen atoms in total. The van der Waals surface area contributed by atoms with Gasteiger partial charge in [-0.25, -0.2) is 0 Å². The maximum Gasteiger partial charge on any atom is 0.121 e. The zero-order chi connectivity index (χ0) is 14.6. The number of hydrogen-bond donors (Lipinski definition) is 2. The summed E-state index contributed by atoms with van der Waals surface area (Å²) in [7, 11) is 6.50. The Morgan fingerprint density at radius 1 is 1.26 bits per heavy atom. The largest absolute Gasteiger partial charge is 0.508 e. The van der Waals surface area contributed by atoms with Gasteiger partial charge >= 0.3 is 0 Å². The summed E-state index contributed by atoms with van der Waals surface area (Å²) < 4.78 is 0.927. The first-order chi connectivity index (χ1) is 8.69. The summed E-state index contributed by atoms with van der Waals surface area (Å²) >= 11 is 0. The molecule has 3 N–H and O–H groups in total. The zero-order valence-corrected chi connectivity index (χ0v) is 12.8. The first-order valence-corrected chi connectivity index (χ1v) is 6.76. The number of aromatic hydroxyl groups is 1. The van der Waals surface area contributed by atoms with Crippen LogP contribution in [0.5, 0.6) is 5.75 Å². The Morgan fingerprint density at radius 3 is 2.37 bits per heavy atom. The van der Waals surface area contributed by atoms with E-state index in [4.69, 9.17) is 5.73 Å². The van der Waals surface area contributed by atoms with Crippen LogP contribution in [-0.2, 0) is 6.42 Å². The van der Waals surface area contributed by atoms with E-state index in [9.17, 15) is 5.11 Å². The third-order valence-electron chi connectivity index (χ3n) is 2.99. The highest BCUT2D eigenvalue weighted by molar-refractivity contribution is 5.64. The van der Waals surface area contributed by atoms with Gasteiger partial charge in [0.25, 0.3) is 0 Å². The lowest BCUT2D eigenvalue weighted by atomic mass is 10.0. The summed E-state index contributed by atoms with van der Waals surface area (Å²) in [5.74, 6) is 0.314. The van der Waals surface area contributed by atoms with Gasteiger partial charge in [-0.2, -0.15) is 0 Å². The predicted molar refractivity (Wildman–Crippen MR) is 83.1 cm³/mol. The molecule has 0 aromatic heterocycles. The molecule has 0 saturated heterocycles. The summed E-state index contributed by atoms with van der Waals surface area (Å²) in [6.07, 6.45) is 3.86. The maximum atomic E-state index is 10.1. The van der Waals surface area contributed by atoms with Crippen molar-refractivity contribution in [1.82, 2.24) is 0 Å². The van der Waals surface area contributed by atoms with Crippen LogP contribution in [0.1, 0.15) is 31.4 Å². The average Bonchev–Trinajstić information content (AvgIpc) is 2.19. The lowest BCUT2D eigenvalue weighted by Crippen LogP contribution is -2.35. The van der Waals surface area contributed by atoms with E-state index >= 15 is 0 Å². The number of hydrogen-bond acceptors (Lipinski definition) is 2. The van der Waals surface area contributed by atoms with E-state index in [-0.39, 0.29) is 0 Å². The quantitative estimate of drug-likeness (QED) is 0.633. The van der Waals surface area contributed by atoms with Gasteiger partial charge < -0.3 is 15.3 Å². The van der Waals surface area contributed by atoms with Gasteiger partial charge in [-0.3, -0.25) is 0 Å². The van der Waals surface area contributed by atoms with Gasteiger partial charge in [0.15, 0.2) is 0 Å². The molecule has 0 aliphatic heterocycles. The lowest BCUT2D eigenvalue weighted by Gasteiger charge is -2.24. The second-order valence-corrected chi connectivity index (χ2v) is 6.45. The normalized spacial score (nSPS) is 11.4. The highest BCUT2D eigenvalue weighted by atomic mass is 16.3. The summed E-state index contributed by atoms with van der Waals surface area (Å²) in [6, 6.07) is 3.73. The van der Waals surface area contributed by atoms with Crippen molar-refractivity contribution in [3.05, 3.63) is 28.8 Å². The number of nitrogen functional groups attached to an aromatic ring is 1. The SMILES string of the molecule is CC(C)=Cc1cc(N)c(CCC[N+](C)(C)C)c(O)c1. The minimum Gasteiger partial charge on any atom is -0.508 e. The van der Waals surface area contributed by atoms with Crippen LogP contribution in [0.4, 0.5) is 5.69 Å². The number of nitrogens with two attached hydrogens (primary N) is 1. The van der Waals surface area contributed by atoms with E-state index in [0.717, 1.165) is 35.0 Å². The number of quaternary nitrogens is 1. The fraction of sp³-hybridized carbons (Fsp3) is 0.500. The molecule has 1 aromatic carbocycles. The molecular formula is C16H27N2O+. The Morgan fingerprint density at radius 2 is 1.89 bits per heavy atom. The van der Waals surface area contributed by atoms with Gasteiger partial charge in [-0.15, -0.1) is 0 Å².